The summed E-state index contributed by atoms with van der Waals surface area (Å²) in [6.07, 6.45) is 5.22. The molecule has 1 aliphatic heterocycles. The monoisotopic (exact) mass is 353 g/mol. The molecule has 5 heteroatoms. The summed E-state index contributed by atoms with van der Waals surface area (Å²) in [4.78, 5) is 6.51. The Bertz CT molecular complexity index is 283. The van der Waals surface area contributed by atoms with Crippen molar-refractivity contribution in [3.63, 3.8) is 0 Å². The van der Waals surface area contributed by atoms with E-state index in [0.29, 0.717) is 11.3 Å². The molecule has 0 aromatic rings. The molecule has 1 rings (SSSR count). The molecule has 0 atom stereocenters. The Morgan fingerprint density at radius 1 is 1.62 bits per heavy atom. The summed E-state index contributed by atoms with van der Waals surface area (Å²) in [6, 6.07) is 0. The van der Waals surface area contributed by atoms with Crippen molar-refractivity contribution in [1.29, 1.82) is 0 Å². The number of nitrogens with zero attached hydrogens (tertiary/aromatic N) is 2. The molecule has 0 aromatic heterocycles. The van der Waals surface area contributed by atoms with Crippen LogP contribution in [0.25, 0.3) is 0 Å². The highest BCUT2D eigenvalue weighted by Gasteiger charge is 2.28. The van der Waals surface area contributed by atoms with Gasteiger partial charge in [0, 0.05) is 30.6 Å². The minimum Gasteiger partial charge on any atom is -0.345 e. The van der Waals surface area contributed by atoms with Crippen LogP contribution in [0.15, 0.2) is 4.99 Å². The largest absolute Gasteiger partial charge is 0.345 e. The summed E-state index contributed by atoms with van der Waals surface area (Å²) in [5, 5.41) is 3.16. The first kappa shape index (κ1) is 15.9. The normalized spacial score (nSPS) is 19.6. The zero-order chi connectivity index (χ0) is 11.3. The van der Waals surface area contributed by atoms with Crippen molar-refractivity contribution in [2.75, 3.05) is 32.4 Å². The van der Waals surface area contributed by atoms with E-state index in [-0.39, 0.29) is 24.0 Å². The van der Waals surface area contributed by atoms with Gasteiger partial charge in [0.2, 0.25) is 0 Å². The van der Waals surface area contributed by atoms with Crippen molar-refractivity contribution < 1.29 is 0 Å². The molecule has 0 saturated carbocycles. The Balaban J connectivity index is 0.00000225. The van der Waals surface area contributed by atoms with E-state index in [9.17, 15) is 0 Å². The lowest BCUT2D eigenvalue weighted by Crippen LogP contribution is -2.50. The highest BCUT2D eigenvalue weighted by atomic mass is 127. The van der Waals surface area contributed by atoms with E-state index >= 15 is 0 Å². The Morgan fingerprint density at radius 2 is 2.31 bits per heavy atom. The van der Waals surface area contributed by atoms with Gasteiger partial charge in [-0.2, -0.15) is 11.8 Å². The third kappa shape index (κ3) is 4.83. The molecule has 3 nitrogen and oxygen atoms in total. The second-order valence-electron chi connectivity index (χ2n) is 4.13. The van der Waals surface area contributed by atoms with Gasteiger partial charge in [-0.15, -0.1) is 30.4 Å². The molecule has 0 radical (unpaired) electrons. The first-order valence-electron chi connectivity index (χ1n) is 5.12. The summed E-state index contributed by atoms with van der Waals surface area (Å²) < 4.78 is 0.298. The highest BCUT2D eigenvalue weighted by molar-refractivity contribution is 14.0. The Kier molecular flexibility index (Phi) is 7.24. The van der Waals surface area contributed by atoms with Gasteiger partial charge in [-0.3, -0.25) is 4.99 Å². The van der Waals surface area contributed by atoms with Gasteiger partial charge in [-0.05, 0) is 13.8 Å². The van der Waals surface area contributed by atoms with Gasteiger partial charge < -0.3 is 10.2 Å². The smallest absolute Gasteiger partial charge is 0.194 e. The number of guanidine groups is 1. The van der Waals surface area contributed by atoms with Crippen molar-refractivity contribution in [2.45, 2.75) is 18.6 Å². The minimum absolute atomic E-state index is 0. The highest BCUT2D eigenvalue weighted by Crippen LogP contribution is 2.29. The summed E-state index contributed by atoms with van der Waals surface area (Å²) in [6.45, 7) is 7.12. The number of halogens is 1. The van der Waals surface area contributed by atoms with E-state index in [1.54, 1.807) is 7.05 Å². The van der Waals surface area contributed by atoms with Gasteiger partial charge in [-0.1, -0.05) is 5.92 Å². The molecule has 0 amide bonds. The average molecular weight is 353 g/mol. The first-order chi connectivity index (χ1) is 7.09. The van der Waals surface area contributed by atoms with E-state index in [2.05, 4.69) is 35.0 Å². The van der Waals surface area contributed by atoms with Crippen LogP contribution in [0.4, 0.5) is 0 Å². The summed E-state index contributed by atoms with van der Waals surface area (Å²) in [5.41, 5.74) is 0. The van der Waals surface area contributed by atoms with Crippen LogP contribution >= 0.6 is 35.7 Å². The third-order valence-electron chi connectivity index (χ3n) is 2.29. The Labute approximate surface area is 120 Å². The Hall–Kier alpha value is -0.0900. The van der Waals surface area contributed by atoms with Crippen LogP contribution in [0.2, 0.25) is 0 Å². The van der Waals surface area contributed by atoms with Gasteiger partial charge in [0.1, 0.15) is 0 Å². The molecule has 0 aliphatic carbocycles. The fourth-order valence-electron chi connectivity index (χ4n) is 1.66. The van der Waals surface area contributed by atoms with Gasteiger partial charge in [-0.25, -0.2) is 0 Å². The van der Waals surface area contributed by atoms with E-state index in [4.69, 9.17) is 6.42 Å². The maximum absolute atomic E-state index is 5.22. The summed E-state index contributed by atoms with van der Waals surface area (Å²) in [5.74, 6) is 4.63. The fourth-order valence-corrected chi connectivity index (χ4v) is 2.77. The van der Waals surface area contributed by atoms with Crippen LogP contribution in [-0.4, -0.2) is 48.0 Å². The molecular weight excluding hydrogens is 333 g/mol. The lowest BCUT2D eigenvalue weighted by atomic mass is 10.2. The van der Waals surface area contributed by atoms with E-state index in [1.807, 2.05) is 11.8 Å². The molecular formula is C11H20IN3S. The predicted molar refractivity (Wildman–Crippen MR) is 83.7 cm³/mol. The SMILES string of the molecule is C#CCNC(=NC)N1CCSC(C)(C)C1.I. The molecule has 1 N–H and O–H groups in total. The molecule has 92 valence electrons. The van der Waals surface area contributed by atoms with Crippen molar-refractivity contribution in [2.24, 2.45) is 4.99 Å². The molecule has 16 heavy (non-hydrogen) atoms. The van der Waals surface area contributed by atoms with Gasteiger partial charge in [0.05, 0.1) is 6.54 Å². The molecule has 0 spiro atoms. The van der Waals surface area contributed by atoms with E-state index in [1.165, 1.54) is 0 Å². The summed E-state index contributed by atoms with van der Waals surface area (Å²) in [7, 11) is 1.80. The van der Waals surface area contributed by atoms with Gasteiger partial charge in [0.25, 0.3) is 0 Å². The Morgan fingerprint density at radius 3 is 2.81 bits per heavy atom. The molecule has 1 saturated heterocycles. The number of hydrogen-bond acceptors (Lipinski definition) is 2. The number of thioether (sulfide) groups is 1. The predicted octanol–water partition coefficient (Wildman–Crippen LogP) is 1.64. The van der Waals surface area contributed by atoms with Crippen LogP contribution in [0.3, 0.4) is 0 Å². The third-order valence-corrected chi connectivity index (χ3v) is 3.58. The van der Waals surface area contributed by atoms with Crippen molar-refractivity contribution >= 4 is 41.7 Å². The van der Waals surface area contributed by atoms with E-state index in [0.717, 1.165) is 24.8 Å². The molecule has 0 bridgehead atoms. The molecule has 1 aliphatic rings. The second-order valence-corrected chi connectivity index (χ2v) is 5.94. The molecule has 0 aromatic carbocycles. The lowest BCUT2D eigenvalue weighted by molar-refractivity contribution is 0.378. The van der Waals surface area contributed by atoms with E-state index < -0.39 is 0 Å². The van der Waals surface area contributed by atoms with Crippen molar-refractivity contribution in [3.8, 4) is 12.3 Å². The molecule has 1 fully saturated rings. The topological polar surface area (TPSA) is 27.6 Å². The first-order valence-corrected chi connectivity index (χ1v) is 6.10. The number of nitrogens with one attached hydrogen (secondary N) is 1. The van der Waals surface area contributed by atoms with Crippen LogP contribution in [-0.2, 0) is 0 Å². The van der Waals surface area contributed by atoms with Crippen molar-refractivity contribution in [3.05, 3.63) is 0 Å². The van der Waals surface area contributed by atoms with Crippen molar-refractivity contribution in [1.82, 2.24) is 10.2 Å². The maximum Gasteiger partial charge on any atom is 0.194 e. The number of hydrogen-bond donors (Lipinski definition) is 1. The lowest BCUT2D eigenvalue weighted by Gasteiger charge is -2.39. The molecule has 0 unspecified atom stereocenters. The summed E-state index contributed by atoms with van der Waals surface area (Å²) >= 11 is 2.01. The van der Waals surface area contributed by atoms with Gasteiger partial charge in [0.15, 0.2) is 5.96 Å². The second kappa shape index (κ2) is 7.28. The maximum atomic E-state index is 5.22. The number of aliphatic imine (C=N–C) groups is 1. The standard InChI is InChI=1S/C11H19N3S.HI/c1-5-6-13-10(12-4)14-7-8-15-11(2,3)9-14;/h1H,6-9H2,2-4H3,(H,12,13);1H. The van der Waals surface area contributed by atoms with Crippen LogP contribution in [0.1, 0.15) is 13.8 Å². The minimum atomic E-state index is 0. The quantitative estimate of drug-likeness (QED) is 0.336. The van der Waals surface area contributed by atoms with Crippen LogP contribution < -0.4 is 5.32 Å². The van der Waals surface area contributed by atoms with Crippen LogP contribution in [0, 0.1) is 12.3 Å². The zero-order valence-corrected chi connectivity index (χ0v) is 13.3. The number of rotatable bonds is 1. The van der Waals surface area contributed by atoms with Gasteiger partial charge >= 0.3 is 0 Å². The molecule has 1 heterocycles. The zero-order valence-electron chi connectivity index (χ0n) is 10.1. The fraction of sp³-hybridized carbons (Fsp3) is 0.727. The average Bonchev–Trinajstić information content (AvgIpc) is 2.17. The number of terminal acetylenes is 1. The van der Waals surface area contributed by atoms with Crippen LogP contribution in [0.5, 0.6) is 0 Å².